The summed E-state index contributed by atoms with van der Waals surface area (Å²) in [6.45, 7) is 0. The number of carboxylic acid groups (broad SMARTS) is 1. The molecule has 134 valence electrons. The summed E-state index contributed by atoms with van der Waals surface area (Å²) >= 11 is 18.0. The number of halogens is 2. The number of hydrogen-bond donors (Lipinski definition) is 2. The fourth-order valence-corrected chi connectivity index (χ4v) is 4.09. The number of carboxylic acids is 1. The number of thiocarbonyl (C=S) groups is 1. The molecule has 2 aromatic rings. The van der Waals surface area contributed by atoms with Crippen LogP contribution in [0, 0.1) is 0 Å². The number of carbonyl (C=O) groups excluding carboxylic acids is 1. The number of aliphatic carboxylic acids is 1. The predicted octanol–water partition coefficient (Wildman–Crippen LogP) is 3.20. The molecule has 2 N–H and O–H groups in total. The molecule has 1 aromatic carbocycles. The van der Waals surface area contributed by atoms with E-state index in [9.17, 15) is 14.7 Å². The van der Waals surface area contributed by atoms with E-state index in [1.54, 1.807) is 24.3 Å². The normalized spacial score (nSPS) is 16.8. The highest BCUT2D eigenvalue weighted by molar-refractivity contribution is 7.80. The number of aromatic nitrogens is 1. The van der Waals surface area contributed by atoms with Crippen LogP contribution in [0.5, 0.6) is 0 Å². The quantitative estimate of drug-likeness (QED) is 0.562. The monoisotopic (exact) mass is 427 g/mol. The molecule has 1 fully saturated rings. The zero-order valence-electron chi connectivity index (χ0n) is 13.0. The van der Waals surface area contributed by atoms with Crippen LogP contribution in [0.25, 0.3) is 6.08 Å². The lowest BCUT2D eigenvalue weighted by Crippen LogP contribution is -2.46. The molecule has 0 bridgehead atoms. The van der Waals surface area contributed by atoms with Gasteiger partial charge in [-0.15, -0.1) is 11.3 Å². The van der Waals surface area contributed by atoms with Crippen LogP contribution >= 0.6 is 46.8 Å². The van der Waals surface area contributed by atoms with E-state index >= 15 is 0 Å². The summed E-state index contributed by atoms with van der Waals surface area (Å²) in [6.07, 6.45) is 1.59. The Kier molecular flexibility index (Phi) is 5.57. The van der Waals surface area contributed by atoms with Gasteiger partial charge in [-0.05, 0) is 23.9 Å². The smallest absolute Gasteiger partial charge is 0.327 e. The summed E-state index contributed by atoms with van der Waals surface area (Å²) in [5.74, 6) is -1.69. The van der Waals surface area contributed by atoms with Gasteiger partial charge < -0.3 is 10.4 Å². The molecule has 0 radical (unpaired) electrons. The van der Waals surface area contributed by atoms with Crippen molar-refractivity contribution in [3.05, 3.63) is 56.1 Å². The number of nitrogens with one attached hydrogen (secondary N) is 1. The Bertz CT molecular complexity index is 915. The Balaban J connectivity index is 1.89. The van der Waals surface area contributed by atoms with Crippen LogP contribution in [0.2, 0.25) is 9.62 Å². The van der Waals surface area contributed by atoms with Gasteiger partial charge >= 0.3 is 5.97 Å². The molecule has 1 aromatic heterocycles. The second-order valence-corrected chi connectivity index (χ2v) is 7.69. The highest BCUT2D eigenvalue weighted by Gasteiger charge is 2.39. The molecule has 10 heteroatoms. The molecule has 1 aliphatic rings. The van der Waals surface area contributed by atoms with Crippen molar-refractivity contribution in [2.45, 2.75) is 12.5 Å². The number of rotatable bonds is 5. The SMILES string of the molecule is O=C(O)C(Cc1ccccc1)N1C(=O)C(=Cc2sc(Cl)nc2Cl)NC1=S. The third-order valence-electron chi connectivity index (χ3n) is 3.64. The molecule has 1 aliphatic heterocycles. The number of benzene rings is 1. The average Bonchev–Trinajstić information content (AvgIpc) is 3.05. The first-order valence-electron chi connectivity index (χ1n) is 7.31. The third-order valence-corrected chi connectivity index (χ3v) is 5.44. The van der Waals surface area contributed by atoms with Crippen LogP contribution in [0.4, 0.5) is 0 Å². The Labute approximate surface area is 168 Å². The summed E-state index contributed by atoms with van der Waals surface area (Å²) in [4.78, 5) is 29.9. The lowest BCUT2D eigenvalue weighted by Gasteiger charge is -2.22. The van der Waals surface area contributed by atoms with E-state index in [1.165, 1.54) is 6.08 Å². The van der Waals surface area contributed by atoms with Crippen LogP contribution in [0.3, 0.4) is 0 Å². The zero-order valence-corrected chi connectivity index (χ0v) is 16.1. The second kappa shape index (κ2) is 7.71. The molecule has 6 nitrogen and oxygen atoms in total. The highest BCUT2D eigenvalue weighted by atomic mass is 35.5. The van der Waals surface area contributed by atoms with Crippen LogP contribution in [-0.2, 0) is 16.0 Å². The average molecular weight is 428 g/mol. The molecule has 26 heavy (non-hydrogen) atoms. The van der Waals surface area contributed by atoms with Gasteiger partial charge in [0.2, 0.25) is 0 Å². The van der Waals surface area contributed by atoms with Crippen LogP contribution in [-0.4, -0.2) is 38.0 Å². The molecule has 1 atom stereocenters. The zero-order chi connectivity index (χ0) is 18.8. The Morgan fingerprint density at radius 3 is 2.65 bits per heavy atom. The minimum atomic E-state index is -1.15. The molecular formula is C16H11Cl2N3O3S2. The Morgan fingerprint density at radius 1 is 1.38 bits per heavy atom. The second-order valence-electron chi connectivity index (χ2n) is 5.33. The summed E-state index contributed by atoms with van der Waals surface area (Å²) in [5.41, 5.74) is 0.904. The van der Waals surface area contributed by atoms with E-state index in [0.717, 1.165) is 21.8 Å². The molecule has 3 rings (SSSR count). The fraction of sp³-hybridized carbons (Fsp3) is 0.125. The molecule has 0 saturated carbocycles. The fourth-order valence-electron chi connectivity index (χ4n) is 2.47. The number of nitrogens with zero attached hydrogens (tertiary/aromatic N) is 2. The van der Waals surface area contributed by atoms with Gasteiger partial charge in [0.1, 0.15) is 16.9 Å². The van der Waals surface area contributed by atoms with E-state index in [0.29, 0.717) is 4.88 Å². The number of amides is 1. The van der Waals surface area contributed by atoms with E-state index in [1.807, 2.05) is 6.07 Å². The summed E-state index contributed by atoms with van der Waals surface area (Å²) in [7, 11) is 0. The molecule has 1 amide bonds. The molecule has 2 heterocycles. The Hall–Kier alpha value is -2.00. The van der Waals surface area contributed by atoms with Gasteiger partial charge in [-0.2, -0.15) is 0 Å². The first-order valence-corrected chi connectivity index (χ1v) is 9.29. The molecular weight excluding hydrogens is 417 g/mol. The topological polar surface area (TPSA) is 82.5 Å². The number of thiazole rings is 1. The van der Waals surface area contributed by atoms with Gasteiger partial charge in [-0.25, -0.2) is 9.78 Å². The maximum absolute atomic E-state index is 12.7. The maximum atomic E-state index is 12.7. The molecule has 0 aliphatic carbocycles. The van der Waals surface area contributed by atoms with E-state index < -0.39 is 17.9 Å². The van der Waals surface area contributed by atoms with Gasteiger partial charge in [0.05, 0.1) is 4.88 Å². The molecule has 1 saturated heterocycles. The standard InChI is InChI=1S/C16H11Cl2N3O3S2/c17-12-11(26-15(18)20-12)7-9-13(22)21(16(25)19-9)10(14(23)24)6-8-4-2-1-3-5-8/h1-5,7,10H,6H2,(H,19,25)(H,23,24). The first-order chi connectivity index (χ1) is 12.4. The van der Waals surface area contributed by atoms with Gasteiger partial charge in [0.15, 0.2) is 9.58 Å². The highest BCUT2D eigenvalue weighted by Crippen LogP contribution is 2.29. The first kappa shape index (κ1) is 18.8. The summed E-state index contributed by atoms with van der Waals surface area (Å²) < 4.78 is 0.235. The van der Waals surface area contributed by atoms with E-state index in [2.05, 4.69) is 10.3 Å². The number of hydrogen-bond acceptors (Lipinski definition) is 5. The van der Waals surface area contributed by atoms with Crippen LogP contribution < -0.4 is 5.32 Å². The van der Waals surface area contributed by atoms with Crippen LogP contribution in [0.1, 0.15) is 10.4 Å². The van der Waals surface area contributed by atoms with E-state index in [-0.39, 0.29) is 26.9 Å². The molecule has 1 unspecified atom stereocenters. The van der Waals surface area contributed by atoms with Gasteiger partial charge in [-0.1, -0.05) is 53.5 Å². The van der Waals surface area contributed by atoms with Crippen molar-refractivity contribution < 1.29 is 14.7 Å². The summed E-state index contributed by atoms with van der Waals surface area (Å²) in [5, 5.41) is 12.5. The van der Waals surface area contributed by atoms with Crippen molar-refractivity contribution >= 4 is 69.8 Å². The predicted molar refractivity (Wildman–Crippen MR) is 104 cm³/mol. The van der Waals surface area contributed by atoms with Crippen molar-refractivity contribution in [3.63, 3.8) is 0 Å². The number of carbonyl (C=O) groups is 2. The van der Waals surface area contributed by atoms with Crippen molar-refractivity contribution in [3.8, 4) is 0 Å². The Morgan fingerprint density at radius 2 is 2.08 bits per heavy atom. The van der Waals surface area contributed by atoms with Gasteiger partial charge in [0.25, 0.3) is 5.91 Å². The van der Waals surface area contributed by atoms with Gasteiger partial charge in [-0.3, -0.25) is 9.69 Å². The maximum Gasteiger partial charge on any atom is 0.327 e. The largest absolute Gasteiger partial charge is 0.480 e. The summed E-state index contributed by atoms with van der Waals surface area (Å²) in [6, 6.07) is 7.90. The van der Waals surface area contributed by atoms with Crippen molar-refractivity contribution in [1.82, 2.24) is 15.2 Å². The minimum absolute atomic E-state index is 0.0244. The third kappa shape index (κ3) is 3.88. The minimum Gasteiger partial charge on any atom is -0.480 e. The van der Waals surface area contributed by atoms with Crippen LogP contribution in [0.15, 0.2) is 36.0 Å². The van der Waals surface area contributed by atoms with Gasteiger partial charge in [0, 0.05) is 6.42 Å². The van der Waals surface area contributed by atoms with E-state index in [4.69, 9.17) is 35.4 Å². The van der Waals surface area contributed by atoms with Crippen molar-refractivity contribution in [2.24, 2.45) is 0 Å². The van der Waals surface area contributed by atoms with Crippen molar-refractivity contribution in [1.29, 1.82) is 0 Å². The lowest BCUT2D eigenvalue weighted by atomic mass is 10.0. The molecule has 0 spiro atoms. The lowest BCUT2D eigenvalue weighted by molar-refractivity contribution is -0.145. The van der Waals surface area contributed by atoms with Crippen molar-refractivity contribution in [2.75, 3.05) is 0 Å².